The topological polar surface area (TPSA) is 45.1 Å². The van der Waals surface area contributed by atoms with E-state index < -0.39 is 0 Å². The van der Waals surface area contributed by atoms with Crippen molar-refractivity contribution in [3.05, 3.63) is 64.9 Å². The van der Waals surface area contributed by atoms with Crippen LogP contribution in [0.2, 0.25) is 5.02 Å². The van der Waals surface area contributed by atoms with Gasteiger partial charge in [-0.2, -0.15) is 5.10 Å². The number of amides is 2. The van der Waals surface area contributed by atoms with Crippen LogP contribution in [0.15, 0.2) is 53.6 Å². The molecule has 1 saturated heterocycles. The smallest absolute Gasteiger partial charge is 0.341 e. The van der Waals surface area contributed by atoms with Gasteiger partial charge in [-0.05, 0) is 48.9 Å². The van der Waals surface area contributed by atoms with Crippen LogP contribution in [0.3, 0.4) is 0 Å². The zero-order valence-corrected chi connectivity index (χ0v) is 15.5. The Labute approximate surface area is 162 Å². The number of rotatable bonds is 3. The Bertz CT molecular complexity index is 857. The summed E-state index contributed by atoms with van der Waals surface area (Å²) in [6.45, 7) is 2.41. The third kappa shape index (κ3) is 3.49. The predicted octanol–water partition coefficient (Wildman–Crippen LogP) is 4.48. The summed E-state index contributed by atoms with van der Waals surface area (Å²) < 4.78 is 18.9. The van der Waals surface area contributed by atoms with Gasteiger partial charge in [0.05, 0.1) is 18.6 Å². The van der Waals surface area contributed by atoms with Crippen molar-refractivity contribution < 1.29 is 13.9 Å². The van der Waals surface area contributed by atoms with Crippen LogP contribution in [0, 0.1) is 5.82 Å². The van der Waals surface area contributed by atoms with Crippen molar-refractivity contribution >= 4 is 23.8 Å². The van der Waals surface area contributed by atoms with E-state index in [0.29, 0.717) is 23.7 Å². The predicted molar refractivity (Wildman–Crippen MR) is 102 cm³/mol. The Kier molecular flexibility index (Phi) is 4.74. The first-order chi connectivity index (χ1) is 13.0. The second kappa shape index (κ2) is 7.19. The van der Waals surface area contributed by atoms with E-state index in [9.17, 15) is 9.18 Å². The van der Waals surface area contributed by atoms with E-state index in [4.69, 9.17) is 16.3 Å². The number of urea groups is 1. The Morgan fingerprint density at radius 2 is 1.89 bits per heavy atom. The number of hydrazone groups is 1. The molecule has 27 heavy (non-hydrogen) atoms. The molecule has 1 fully saturated rings. The van der Waals surface area contributed by atoms with Gasteiger partial charge in [-0.3, -0.25) is 0 Å². The van der Waals surface area contributed by atoms with Crippen molar-refractivity contribution in [2.45, 2.75) is 31.5 Å². The lowest BCUT2D eigenvalue weighted by Crippen LogP contribution is -2.64. The summed E-state index contributed by atoms with van der Waals surface area (Å²) in [5.41, 5.74) is 0.998. The molecule has 4 rings (SSSR count). The minimum absolute atomic E-state index is 0.0933. The van der Waals surface area contributed by atoms with E-state index in [1.165, 1.54) is 17.1 Å². The quantitative estimate of drug-likeness (QED) is 0.779. The average molecular weight is 388 g/mol. The molecule has 0 unspecified atom stereocenters. The fourth-order valence-electron chi connectivity index (χ4n) is 3.34. The van der Waals surface area contributed by atoms with Crippen LogP contribution in [0.5, 0.6) is 5.75 Å². The van der Waals surface area contributed by atoms with Crippen LogP contribution in [0.1, 0.15) is 24.9 Å². The Balaban J connectivity index is 1.40. The van der Waals surface area contributed by atoms with Gasteiger partial charge in [-0.15, -0.1) is 0 Å². The fraction of sp³-hybridized carbons (Fsp3) is 0.300. The summed E-state index contributed by atoms with van der Waals surface area (Å²) in [6, 6.07) is 13.0. The van der Waals surface area contributed by atoms with E-state index in [2.05, 4.69) is 5.10 Å². The molecule has 5 nitrogen and oxygen atoms in total. The second-order valence-electron chi connectivity index (χ2n) is 6.73. The number of ether oxygens (including phenoxy) is 1. The highest BCUT2D eigenvalue weighted by molar-refractivity contribution is 6.30. The Morgan fingerprint density at radius 1 is 1.19 bits per heavy atom. The number of likely N-dealkylation sites (tertiary alicyclic amines) is 1. The molecular weight excluding hydrogens is 369 g/mol. The van der Waals surface area contributed by atoms with Gasteiger partial charge in [0, 0.05) is 17.7 Å². The zero-order valence-electron chi connectivity index (χ0n) is 14.8. The molecular formula is C20H19ClFN3O2. The van der Waals surface area contributed by atoms with Gasteiger partial charge in [0.2, 0.25) is 0 Å². The molecule has 0 spiro atoms. The molecule has 2 heterocycles. The molecule has 0 radical (unpaired) electrons. The monoisotopic (exact) mass is 387 g/mol. The molecule has 7 heteroatoms. The summed E-state index contributed by atoms with van der Waals surface area (Å²) in [5.74, 6) is 0.291. The molecule has 0 aromatic heterocycles. The van der Waals surface area contributed by atoms with E-state index in [1.807, 2.05) is 31.2 Å². The average Bonchev–Trinajstić information content (AvgIpc) is 3.16. The van der Waals surface area contributed by atoms with Gasteiger partial charge >= 0.3 is 6.03 Å². The maximum Gasteiger partial charge on any atom is 0.341 e. The van der Waals surface area contributed by atoms with E-state index in [1.54, 1.807) is 23.2 Å². The number of nitrogens with zero attached hydrogens (tertiary/aromatic N) is 3. The van der Waals surface area contributed by atoms with Crippen molar-refractivity contribution in [2.75, 3.05) is 6.54 Å². The first-order valence-corrected chi connectivity index (χ1v) is 9.20. The van der Waals surface area contributed by atoms with Crippen molar-refractivity contribution in [1.82, 2.24) is 9.91 Å². The van der Waals surface area contributed by atoms with Crippen LogP contribution in [0.4, 0.5) is 9.18 Å². The van der Waals surface area contributed by atoms with Crippen molar-refractivity contribution in [3.8, 4) is 5.75 Å². The third-order valence-electron chi connectivity index (χ3n) is 5.03. The molecule has 0 saturated carbocycles. The summed E-state index contributed by atoms with van der Waals surface area (Å²) in [6.07, 6.45) is 2.30. The minimum atomic E-state index is -0.305. The summed E-state index contributed by atoms with van der Waals surface area (Å²) in [5, 5.41) is 6.46. The van der Waals surface area contributed by atoms with Crippen molar-refractivity contribution in [3.63, 3.8) is 0 Å². The number of halogens is 2. The van der Waals surface area contributed by atoms with Gasteiger partial charge < -0.3 is 9.64 Å². The van der Waals surface area contributed by atoms with Crippen LogP contribution in [-0.4, -0.2) is 40.8 Å². The first kappa shape index (κ1) is 17.8. The standard InChI is InChI=1S/C20H19ClFN3O2/c1-13-19(27-17-8-6-16(22)7-9-17)12-24(13)20(26)25-18(10-11-23-25)14-2-4-15(21)5-3-14/h2-9,11,13,18-19H,10,12H2,1H3/t13-,18+,19+/m1/s1. The Morgan fingerprint density at radius 3 is 2.56 bits per heavy atom. The van der Waals surface area contributed by atoms with Crippen molar-refractivity contribution in [2.24, 2.45) is 5.10 Å². The normalized spacial score (nSPS) is 24.0. The molecule has 0 N–H and O–H groups in total. The van der Waals surface area contributed by atoms with Crippen LogP contribution in [0.25, 0.3) is 0 Å². The van der Waals surface area contributed by atoms with E-state index in [0.717, 1.165) is 5.56 Å². The highest BCUT2D eigenvalue weighted by atomic mass is 35.5. The maximum absolute atomic E-state index is 13.0. The highest BCUT2D eigenvalue weighted by Crippen LogP contribution is 2.33. The third-order valence-corrected chi connectivity index (χ3v) is 5.29. The molecule has 2 aliphatic rings. The molecule has 0 aliphatic carbocycles. The van der Waals surface area contributed by atoms with Gasteiger partial charge in [-0.25, -0.2) is 14.2 Å². The summed E-state index contributed by atoms with van der Waals surface area (Å²) in [7, 11) is 0. The molecule has 2 amide bonds. The number of carbonyl (C=O) groups excluding carboxylic acids is 1. The summed E-state index contributed by atoms with van der Waals surface area (Å²) in [4.78, 5) is 14.7. The largest absolute Gasteiger partial charge is 0.486 e. The van der Waals surface area contributed by atoms with Crippen LogP contribution >= 0.6 is 11.6 Å². The second-order valence-corrected chi connectivity index (χ2v) is 7.17. The molecule has 2 aliphatic heterocycles. The van der Waals surface area contributed by atoms with E-state index in [-0.39, 0.29) is 30.0 Å². The number of hydrogen-bond acceptors (Lipinski definition) is 3. The number of carbonyl (C=O) groups is 1. The summed E-state index contributed by atoms with van der Waals surface area (Å²) >= 11 is 5.95. The highest BCUT2D eigenvalue weighted by Gasteiger charge is 2.44. The maximum atomic E-state index is 13.0. The van der Waals surface area contributed by atoms with Gasteiger partial charge in [0.25, 0.3) is 0 Å². The van der Waals surface area contributed by atoms with E-state index >= 15 is 0 Å². The van der Waals surface area contributed by atoms with Gasteiger partial charge in [0.15, 0.2) is 0 Å². The Hall–Kier alpha value is -2.60. The van der Waals surface area contributed by atoms with Crippen LogP contribution < -0.4 is 4.74 Å². The zero-order chi connectivity index (χ0) is 19.0. The number of hydrogen-bond donors (Lipinski definition) is 0. The molecule has 0 bridgehead atoms. The lowest BCUT2D eigenvalue weighted by molar-refractivity contribution is -0.0197. The van der Waals surface area contributed by atoms with Gasteiger partial charge in [-0.1, -0.05) is 23.7 Å². The molecule has 3 atom stereocenters. The van der Waals surface area contributed by atoms with Crippen LogP contribution in [-0.2, 0) is 0 Å². The lowest BCUT2D eigenvalue weighted by atomic mass is 10.0. The van der Waals surface area contributed by atoms with Crippen molar-refractivity contribution in [1.29, 1.82) is 0 Å². The molecule has 140 valence electrons. The number of benzene rings is 2. The minimum Gasteiger partial charge on any atom is -0.486 e. The lowest BCUT2D eigenvalue weighted by Gasteiger charge is -2.46. The fourth-order valence-corrected chi connectivity index (χ4v) is 3.47. The van der Waals surface area contributed by atoms with Gasteiger partial charge in [0.1, 0.15) is 17.7 Å². The SMILES string of the molecule is C[C@@H]1[C@@H](Oc2ccc(F)cc2)CN1C(=O)N1N=CC[C@H]1c1ccc(Cl)cc1. The first-order valence-electron chi connectivity index (χ1n) is 8.83. The molecule has 2 aromatic rings. The molecule has 2 aromatic carbocycles.